The molecule has 0 aliphatic rings. The molecule has 1 rings (SSSR count). The number of nitrogen functional groups attached to an aromatic ring is 1. The second-order valence-electron chi connectivity index (χ2n) is 2.67. The smallest absolute Gasteiger partial charge is 0.322 e. The van der Waals surface area contributed by atoms with Crippen LogP contribution < -0.4 is 11.1 Å². The van der Waals surface area contributed by atoms with Crippen LogP contribution in [-0.2, 0) is 4.79 Å². The number of nitrogens with zero attached hydrogens (tertiary/aromatic N) is 1. The Morgan fingerprint density at radius 2 is 2.46 bits per heavy atom. The zero-order valence-electron chi connectivity index (χ0n) is 7.24. The van der Waals surface area contributed by atoms with Crippen molar-refractivity contribution in [2.24, 2.45) is 0 Å². The van der Waals surface area contributed by atoms with Gasteiger partial charge in [-0.1, -0.05) is 0 Å². The van der Waals surface area contributed by atoms with Crippen LogP contribution in [0, 0.1) is 6.92 Å². The average molecular weight is 181 g/mol. The number of hydrogen-bond donors (Lipinski definition) is 3. The third-order valence-corrected chi connectivity index (χ3v) is 1.57. The van der Waals surface area contributed by atoms with E-state index in [-0.39, 0.29) is 6.54 Å². The maximum Gasteiger partial charge on any atom is 0.322 e. The molecule has 0 radical (unpaired) electrons. The number of anilines is 2. The first-order valence-electron chi connectivity index (χ1n) is 3.77. The quantitative estimate of drug-likeness (QED) is 0.630. The van der Waals surface area contributed by atoms with Gasteiger partial charge in [-0.15, -0.1) is 0 Å². The van der Waals surface area contributed by atoms with Gasteiger partial charge in [-0.3, -0.25) is 4.79 Å². The molecular weight excluding hydrogens is 170 g/mol. The molecule has 1 aromatic rings. The van der Waals surface area contributed by atoms with Crippen LogP contribution >= 0.6 is 0 Å². The predicted octanol–water partition coefficient (Wildman–Crippen LogP) is 0.469. The van der Waals surface area contributed by atoms with E-state index >= 15 is 0 Å². The second kappa shape index (κ2) is 3.75. The molecule has 0 aromatic carbocycles. The summed E-state index contributed by atoms with van der Waals surface area (Å²) in [5, 5.41) is 11.0. The van der Waals surface area contributed by atoms with E-state index in [0.717, 1.165) is 5.56 Å². The molecule has 0 saturated carbocycles. The fourth-order valence-corrected chi connectivity index (χ4v) is 0.802. The van der Waals surface area contributed by atoms with Crippen molar-refractivity contribution in [2.75, 3.05) is 17.6 Å². The van der Waals surface area contributed by atoms with Crippen LogP contribution in [0.4, 0.5) is 11.5 Å². The third-order valence-electron chi connectivity index (χ3n) is 1.57. The van der Waals surface area contributed by atoms with Gasteiger partial charge >= 0.3 is 5.97 Å². The monoisotopic (exact) mass is 181 g/mol. The zero-order chi connectivity index (χ0) is 9.84. The van der Waals surface area contributed by atoms with E-state index in [1.165, 1.54) is 0 Å². The molecule has 0 saturated heterocycles. The van der Waals surface area contributed by atoms with Gasteiger partial charge in [0, 0.05) is 18.0 Å². The van der Waals surface area contributed by atoms with E-state index in [1.54, 1.807) is 12.3 Å². The lowest BCUT2D eigenvalue weighted by Crippen LogP contribution is -2.13. The molecule has 0 atom stereocenters. The molecule has 1 heterocycles. The number of aryl methyl sites for hydroxylation is 1. The summed E-state index contributed by atoms with van der Waals surface area (Å²) in [5.41, 5.74) is 7.08. The Balaban J connectivity index is 2.68. The lowest BCUT2D eigenvalue weighted by atomic mass is 10.2. The number of aromatic nitrogens is 1. The minimum Gasteiger partial charge on any atom is -0.480 e. The Labute approximate surface area is 75.6 Å². The van der Waals surface area contributed by atoms with Gasteiger partial charge in [-0.2, -0.15) is 0 Å². The van der Waals surface area contributed by atoms with Crippen molar-refractivity contribution in [3.63, 3.8) is 0 Å². The average Bonchev–Trinajstić information content (AvgIpc) is 2.07. The van der Waals surface area contributed by atoms with E-state index in [2.05, 4.69) is 10.3 Å². The molecule has 0 fully saturated rings. The summed E-state index contributed by atoms with van der Waals surface area (Å²) in [5.74, 6) is -0.452. The summed E-state index contributed by atoms with van der Waals surface area (Å²) < 4.78 is 0. The summed E-state index contributed by atoms with van der Waals surface area (Å²) in [4.78, 5) is 14.2. The van der Waals surface area contributed by atoms with Crippen LogP contribution in [0.3, 0.4) is 0 Å². The van der Waals surface area contributed by atoms with E-state index in [1.807, 2.05) is 6.92 Å². The zero-order valence-corrected chi connectivity index (χ0v) is 7.24. The maximum absolute atomic E-state index is 10.2. The molecule has 5 heteroatoms. The molecule has 0 amide bonds. The fourth-order valence-electron chi connectivity index (χ4n) is 0.802. The van der Waals surface area contributed by atoms with Crippen LogP contribution in [0.25, 0.3) is 0 Å². The van der Waals surface area contributed by atoms with Crippen molar-refractivity contribution in [1.82, 2.24) is 4.98 Å². The van der Waals surface area contributed by atoms with Gasteiger partial charge in [0.2, 0.25) is 0 Å². The molecule has 5 nitrogen and oxygen atoms in total. The van der Waals surface area contributed by atoms with Gasteiger partial charge in [0.1, 0.15) is 12.4 Å². The largest absolute Gasteiger partial charge is 0.480 e. The van der Waals surface area contributed by atoms with Gasteiger partial charge in [-0.05, 0) is 12.5 Å². The molecule has 13 heavy (non-hydrogen) atoms. The number of carboxylic acid groups (broad SMARTS) is 1. The normalized spacial score (nSPS) is 9.62. The molecule has 70 valence electrons. The Hall–Kier alpha value is -1.78. The highest BCUT2D eigenvalue weighted by molar-refractivity contribution is 5.72. The van der Waals surface area contributed by atoms with Crippen molar-refractivity contribution in [3.05, 3.63) is 17.8 Å². The summed E-state index contributed by atoms with van der Waals surface area (Å²) in [6.45, 7) is 1.68. The van der Waals surface area contributed by atoms with Crippen LogP contribution in [-0.4, -0.2) is 22.6 Å². The highest BCUT2D eigenvalue weighted by Crippen LogP contribution is 2.12. The number of carboxylic acids is 1. The molecule has 4 N–H and O–H groups in total. The predicted molar refractivity (Wildman–Crippen MR) is 49.5 cm³/mol. The number of hydrogen-bond acceptors (Lipinski definition) is 4. The van der Waals surface area contributed by atoms with E-state index < -0.39 is 5.97 Å². The first kappa shape index (κ1) is 9.31. The second-order valence-corrected chi connectivity index (χ2v) is 2.67. The number of carbonyl (C=O) groups is 1. The van der Waals surface area contributed by atoms with Crippen molar-refractivity contribution in [1.29, 1.82) is 0 Å². The number of rotatable bonds is 3. The molecule has 0 aliphatic heterocycles. The first-order chi connectivity index (χ1) is 6.09. The Kier molecular flexibility index (Phi) is 2.69. The number of nitrogens with two attached hydrogens (primary N) is 1. The summed E-state index contributed by atoms with van der Waals surface area (Å²) >= 11 is 0. The van der Waals surface area contributed by atoms with Gasteiger partial charge in [0.25, 0.3) is 0 Å². The van der Waals surface area contributed by atoms with Crippen molar-refractivity contribution in [3.8, 4) is 0 Å². The van der Waals surface area contributed by atoms with Gasteiger partial charge in [0.05, 0.1) is 0 Å². The van der Waals surface area contributed by atoms with E-state index in [4.69, 9.17) is 10.8 Å². The van der Waals surface area contributed by atoms with Crippen LogP contribution in [0.5, 0.6) is 0 Å². The molecule has 0 aliphatic carbocycles. The van der Waals surface area contributed by atoms with Crippen LogP contribution in [0.15, 0.2) is 12.3 Å². The molecule has 0 bridgehead atoms. The summed E-state index contributed by atoms with van der Waals surface area (Å²) in [6.07, 6.45) is 1.60. The molecular formula is C8H11N3O2. The minimum atomic E-state index is -0.930. The SMILES string of the molecule is Cc1cnc(NCC(=O)O)cc1N. The maximum atomic E-state index is 10.2. The lowest BCUT2D eigenvalue weighted by Gasteiger charge is -2.04. The Morgan fingerprint density at radius 3 is 3.00 bits per heavy atom. The first-order valence-corrected chi connectivity index (χ1v) is 3.77. The van der Waals surface area contributed by atoms with Crippen molar-refractivity contribution >= 4 is 17.5 Å². The van der Waals surface area contributed by atoms with Crippen LogP contribution in [0.2, 0.25) is 0 Å². The standard InChI is InChI=1S/C8H11N3O2/c1-5-3-10-7(2-6(5)9)11-4-8(12)13/h2-3H,4H2,1H3,(H,12,13)(H3,9,10,11). The number of nitrogens with one attached hydrogen (secondary N) is 1. The third kappa shape index (κ3) is 2.62. The van der Waals surface area contributed by atoms with E-state index in [0.29, 0.717) is 11.5 Å². The van der Waals surface area contributed by atoms with Crippen molar-refractivity contribution < 1.29 is 9.90 Å². The fraction of sp³-hybridized carbons (Fsp3) is 0.250. The van der Waals surface area contributed by atoms with E-state index in [9.17, 15) is 4.79 Å². The summed E-state index contributed by atoms with van der Waals surface area (Å²) in [6, 6.07) is 1.61. The lowest BCUT2D eigenvalue weighted by molar-refractivity contribution is -0.134. The summed E-state index contributed by atoms with van der Waals surface area (Å²) in [7, 11) is 0. The van der Waals surface area contributed by atoms with Crippen LogP contribution in [0.1, 0.15) is 5.56 Å². The molecule has 0 unspecified atom stereocenters. The Bertz CT molecular complexity index is 325. The van der Waals surface area contributed by atoms with Crippen molar-refractivity contribution in [2.45, 2.75) is 6.92 Å². The van der Waals surface area contributed by atoms with Gasteiger partial charge in [0.15, 0.2) is 0 Å². The topological polar surface area (TPSA) is 88.2 Å². The van der Waals surface area contributed by atoms with Gasteiger partial charge < -0.3 is 16.2 Å². The molecule has 0 spiro atoms. The highest BCUT2D eigenvalue weighted by Gasteiger charge is 1.99. The highest BCUT2D eigenvalue weighted by atomic mass is 16.4. The number of aliphatic carboxylic acids is 1. The minimum absolute atomic E-state index is 0.157. The Morgan fingerprint density at radius 1 is 1.77 bits per heavy atom. The van der Waals surface area contributed by atoms with Gasteiger partial charge in [-0.25, -0.2) is 4.98 Å². The molecule has 1 aromatic heterocycles. The number of pyridine rings is 1.